The van der Waals surface area contributed by atoms with Crippen LogP contribution >= 0.6 is 0 Å². The average molecular weight is 557 g/mol. The normalized spacial score (nSPS) is 12.1. The lowest BCUT2D eigenvalue weighted by molar-refractivity contribution is -0.393. The first-order chi connectivity index (χ1) is 19.6. The second-order valence-electron chi connectivity index (χ2n) is 12.6. The first-order valence-electron chi connectivity index (χ1n) is 14.4. The van der Waals surface area contributed by atoms with E-state index in [0.29, 0.717) is 0 Å². The molecule has 208 valence electrons. The molecule has 6 aromatic carbocycles. The highest BCUT2D eigenvalue weighted by Gasteiger charge is 2.20. The maximum absolute atomic E-state index is 5.09. The molecule has 0 amide bonds. The summed E-state index contributed by atoms with van der Waals surface area (Å²) in [7, 11) is -1.63. The molecule has 0 radical (unpaired) electrons. The molecule has 0 fully saturated rings. The zero-order chi connectivity index (χ0) is 29.0. The van der Waals surface area contributed by atoms with Gasteiger partial charge in [-0.25, -0.2) is 9.78 Å². The number of hydrogen-bond donors (Lipinski definition) is 0. The van der Waals surface area contributed by atoms with Gasteiger partial charge in [0.15, 0.2) is 0 Å². The Kier molecular flexibility index (Phi) is 8.41. The van der Waals surface area contributed by atoms with Crippen LogP contribution in [0.15, 0.2) is 127 Å². The van der Waals surface area contributed by atoms with Crippen molar-refractivity contribution < 1.29 is 9.78 Å². The van der Waals surface area contributed by atoms with E-state index < -0.39 is 8.80 Å². The van der Waals surface area contributed by atoms with Crippen molar-refractivity contribution in [2.24, 2.45) is 0 Å². The molecule has 2 nitrogen and oxygen atoms in total. The van der Waals surface area contributed by atoms with Crippen molar-refractivity contribution in [1.29, 1.82) is 0 Å². The minimum atomic E-state index is -1.63. The van der Waals surface area contributed by atoms with Crippen molar-refractivity contribution in [2.45, 2.75) is 52.7 Å². The molecule has 0 saturated carbocycles. The number of hydrogen-bond acceptors (Lipinski definition) is 2. The van der Waals surface area contributed by atoms with E-state index in [1.54, 1.807) is 0 Å². The van der Waals surface area contributed by atoms with Gasteiger partial charge >= 0.3 is 0 Å². The number of benzene rings is 6. The Labute approximate surface area is 246 Å². The molecule has 0 aromatic heterocycles. The summed E-state index contributed by atoms with van der Waals surface area (Å²) in [4.78, 5) is 10.2. The fourth-order valence-corrected chi connectivity index (χ4v) is 8.05. The standard InChI is InChI=1S/C30H22Si.C8H18O2/c1-4-10-25-19-28(16-13-22(25)7-1)31(29-17-14-23-8-2-5-11-26(23)20-29)30-18-15-24-9-3-6-12-27(24)21-30;1-7(2,3)9-10-8(4,5)6/h1-21,31H;1-6H3. The van der Waals surface area contributed by atoms with E-state index in [2.05, 4.69) is 127 Å². The predicted molar refractivity (Wildman–Crippen MR) is 180 cm³/mol. The van der Waals surface area contributed by atoms with Crippen LogP contribution < -0.4 is 15.6 Å². The summed E-state index contributed by atoms with van der Waals surface area (Å²) >= 11 is 0. The molecule has 0 N–H and O–H groups in total. The third-order valence-electron chi connectivity index (χ3n) is 6.86. The summed E-state index contributed by atoms with van der Waals surface area (Å²) in [5.41, 5.74) is -0.430. The Morgan fingerprint density at radius 2 is 0.634 bits per heavy atom. The average Bonchev–Trinajstić information content (AvgIpc) is 2.96. The Bertz CT molecular complexity index is 1570. The Balaban J connectivity index is 0.000000292. The highest BCUT2D eigenvalue weighted by Crippen LogP contribution is 2.17. The van der Waals surface area contributed by atoms with Crippen LogP contribution in [0.1, 0.15) is 41.5 Å². The summed E-state index contributed by atoms with van der Waals surface area (Å²) in [6, 6.07) is 47.2. The SMILES string of the molecule is CC(C)(C)OOC(C)(C)C.c1ccc2cc([SiH](c3ccc4ccccc4c3)c3ccc4ccccc4c3)ccc2c1. The first-order valence-corrected chi connectivity index (χ1v) is 16.1. The molecule has 6 rings (SSSR count). The van der Waals surface area contributed by atoms with Gasteiger partial charge in [0, 0.05) is 0 Å². The Hall–Kier alpha value is -3.76. The van der Waals surface area contributed by atoms with Gasteiger partial charge in [0.1, 0.15) is 8.80 Å². The van der Waals surface area contributed by atoms with Gasteiger partial charge in [-0.3, -0.25) is 0 Å². The highest BCUT2D eigenvalue weighted by atomic mass is 28.3. The topological polar surface area (TPSA) is 18.5 Å². The first kappa shape index (κ1) is 28.8. The number of fused-ring (bicyclic) bond motifs is 3. The quantitative estimate of drug-likeness (QED) is 0.0950. The van der Waals surface area contributed by atoms with Gasteiger partial charge in [-0.1, -0.05) is 143 Å². The van der Waals surface area contributed by atoms with Crippen molar-refractivity contribution in [2.75, 3.05) is 0 Å². The molecule has 0 spiro atoms. The summed E-state index contributed by atoms with van der Waals surface area (Å²) < 4.78 is 0. The van der Waals surface area contributed by atoms with Gasteiger partial charge in [-0.05, 0) is 73.9 Å². The summed E-state index contributed by atoms with van der Waals surface area (Å²) in [5, 5.41) is 12.2. The smallest absolute Gasteiger partial charge is 0.133 e. The van der Waals surface area contributed by atoms with Crippen LogP contribution in [0, 0.1) is 0 Å². The molecule has 0 unspecified atom stereocenters. The second-order valence-corrected chi connectivity index (χ2v) is 15.5. The van der Waals surface area contributed by atoms with Crippen molar-refractivity contribution in [1.82, 2.24) is 0 Å². The van der Waals surface area contributed by atoms with E-state index in [1.807, 2.05) is 41.5 Å². The highest BCUT2D eigenvalue weighted by molar-refractivity contribution is 6.95. The lowest BCUT2D eigenvalue weighted by atomic mass is 10.1. The summed E-state index contributed by atoms with van der Waals surface area (Å²) in [6.07, 6.45) is 0. The third-order valence-corrected chi connectivity index (χ3v) is 9.94. The lowest BCUT2D eigenvalue weighted by Crippen LogP contribution is -2.51. The number of rotatable bonds is 4. The Morgan fingerprint density at radius 1 is 0.366 bits per heavy atom. The zero-order valence-corrected chi connectivity index (χ0v) is 26.2. The van der Waals surface area contributed by atoms with Crippen LogP contribution in [0.2, 0.25) is 0 Å². The largest absolute Gasteiger partial charge is 0.230 e. The van der Waals surface area contributed by atoms with E-state index in [9.17, 15) is 0 Å². The lowest BCUT2D eigenvalue weighted by Gasteiger charge is -2.24. The molecule has 0 aliphatic rings. The Morgan fingerprint density at radius 3 is 0.902 bits per heavy atom. The van der Waals surface area contributed by atoms with Crippen LogP contribution in [0.25, 0.3) is 32.3 Å². The predicted octanol–water partition coefficient (Wildman–Crippen LogP) is 7.93. The zero-order valence-electron chi connectivity index (χ0n) is 25.0. The van der Waals surface area contributed by atoms with Crippen molar-refractivity contribution >= 4 is 56.7 Å². The molecule has 41 heavy (non-hydrogen) atoms. The van der Waals surface area contributed by atoms with Gasteiger partial charge in [0.25, 0.3) is 0 Å². The van der Waals surface area contributed by atoms with E-state index in [0.717, 1.165) is 0 Å². The molecule has 0 saturated heterocycles. The monoisotopic (exact) mass is 556 g/mol. The molecule has 0 bridgehead atoms. The van der Waals surface area contributed by atoms with E-state index in [1.165, 1.54) is 47.9 Å². The molecule has 0 aliphatic carbocycles. The van der Waals surface area contributed by atoms with Crippen LogP contribution in [0.4, 0.5) is 0 Å². The van der Waals surface area contributed by atoms with Gasteiger partial charge in [0.05, 0.1) is 11.2 Å². The molecule has 3 heteroatoms. The minimum absolute atomic E-state index is 0.215. The fraction of sp³-hybridized carbons (Fsp3) is 0.211. The molecule has 6 aromatic rings. The van der Waals surface area contributed by atoms with E-state index >= 15 is 0 Å². The maximum atomic E-state index is 5.09. The summed E-state index contributed by atoms with van der Waals surface area (Å²) in [6.45, 7) is 11.7. The third kappa shape index (κ3) is 7.50. The fourth-order valence-electron chi connectivity index (χ4n) is 4.99. The summed E-state index contributed by atoms with van der Waals surface area (Å²) in [5.74, 6) is 0. The van der Waals surface area contributed by atoms with Crippen molar-refractivity contribution in [3.63, 3.8) is 0 Å². The van der Waals surface area contributed by atoms with Crippen LogP contribution in [0.5, 0.6) is 0 Å². The van der Waals surface area contributed by atoms with Gasteiger partial charge in [-0.15, -0.1) is 0 Å². The van der Waals surface area contributed by atoms with Gasteiger partial charge < -0.3 is 0 Å². The minimum Gasteiger partial charge on any atom is -0.230 e. The van der Waals surface area contributed by atoms with E-state index in [4.69, 9.17) is 9.78 Å². The van der Waals surface area contributed by atoms with Gasteiger partial charge in [0.2, 0.25) is 0 Å². The van der Waals surface area contributed by atoms with Crippen LogP contribution in [-0.2, 0) is 9.78 Å². The second kappa shape index (κ2) is 12.0. The maximum Gasteiger partial charge on any atom is 0.133 e. The molecule has 0 atom stereocenters. The van der Waals surface area contributed by atoms with E-state index in [-0.39, 0.29) is 11.2 Å². The molecule has 0 heterocycles. The van der Waals surface area contributed by atoms with Crippen LogP contribution in [0.3, 0.4) is 0 Å². The van der Waals surface area contributed by atoms with Crippen molar-refractivity contribution in [3.8, 4) is 0 Å². The van der Waals surface area contributed by atoms with Crippen LogP contribution in [-0.4, -0.2) is 20.0 Å². The molecular formula is C38H40O2Si. The molecular weight excluding hydrogens is 517 g/mol. The molecule has 0 aliphatic heterocycles. The van der Waals surface area contributed by atoms with Gasteiger partial charge in [-0.2, -0.15) is 0 Å². The van der Waals surface area contributed by atoms with Crippen molar-refractivity contribution in [3.05, 3.63) is 127 Å².